The number of piperidine rings is 1. The minimum absolute atomic E-state index is 0.0433. The molecule has 90 valence electrons. The summed E-state index contributed by atoms with van der Waals surface area (Å²) in [5.74, 6) is 0.406. The highest BCUT2D eigenvalue weighted by atomic mass is 16.1. The number of hydrogen-bond donors (Lipinski definition) is 1. The summed E-state index contributed by atoms with van der Waals surface area (Å²) < 4.78 is 0. The van der Waals surface area contributed by atoms with E-state index in [-0.39, 0.29) is 12.0 Å². The van der Waals surface area contributed by atoms with Crippen LogP contribution in [0.2, 0.25) is 0 Å². The van der Waals surface area contributed by atoms with Crippen LogP contribution in [0.25, 0.3) is 0 Å². The Morgan fingerprint density at radius 3 is 3.12 bits per heavy atom. The number of aromatic nitrogens is 1. The van der Waals surface area contributed by atoms with Crippen molar-refractivity contribution in [3.05, 3.63) is 29.6 Å². The summed E-state index contributed by atoms with van der Waals surface area (Å²) >= 11 is 0. The molecule has 1 aromatic heterocycles. The third kappa shape index (κ3) is 2.00. The fourth-order valence-corrected chi connectivity index (χ4v) is 3.03. The number of hydrogen-bond acceptors (Lipinski definition) is 3. The van der Waals surface area contributed by atoms with Crippen LogP contribution >= 0.6 is 0 Å². The van der Waals surface area contributed by atoms with Crippen LogP contribution in [0.5, 0.6) is 0 Å². The molecular weight excluding hydrogens is 212 g/mol. The summed E-state index contributed by atoms with van der Waals surface area (Å²) in [6.45, 7) is 0.984. The Labute approximate surface area is 102 Å². The van der Waals surface area contributed by atoms with Gasteiger partial charge in [0.15, 0.2) is 5.78 Å². The number of carbonyl (C=O) groups is 1. The van der Waals surface area contributed by atoms with Gasteiger partial charge in [0.25, 0.3) is 0 Å². The van der Waals surface area contributed by atoms with Gasteiger partial charge in [-0.25, -0.2) is 0 Å². The number of rotatable bonds is 2. The van der Waals surface area contributed by atoms with Crippen molar-refractivity contribution < 1.29 is 4.79 Å². The molecule has 17 heavy (non-hydrogen) atoms. The van der Waals surface area contributed by atoms with E-state index in [0.29, 0.717) is 5.78 Å². The van der Waals surface area contributed by atoms with E-state index >= 15 is 0 Å². The Hall–Kier alpha value is -1.22. The van der Waals surface area contributed by atoms with Crippen molar-refractivity contribution in [1.82, 2.24) is 10.3 Å². The van der Waals surface area contributed by atoms with Crippen LogP contribution < -0.4 is 5.32 Å². The van der Waals surface area contributed by atoms with Crippen LogP contribution in [0.15, 0.2) is 18.3 Å². The molecule has 2 heterocycles. The smallest absolute Gasteiger partial charge is 0.158 e. The van der Waals surface area contributed by atoms with Gasteiger partial charge in [0.2, 0.25) is 0 Å². The molecule has 3 rings (SSSR count). The number of ketones is 1. The molecule has 0 amide bonds. The number of fused-ring (bicyclic) bond motifs is 1. The zero-order valence-corrected chi connectivity index (χ0v) is 9.98. The molecule has 1 aliphatic carbocycles. The Balaban J connectivity index is 1.79. The molecule has 3 heteroatoms. The third-order valence-electron chi connectivity index (χ3n) is 3.96. The molecule has 1 aliphatic heterocycles. The largest absolute Gasteiger partial charge is 0.307 e. The maximum Gasteiger partial charge on any atom is 0.158 e. The van der Waals surface area contributed by atoms with Crippen molar-refractivity contribution in [2.45, 2.75) is 44.1 Å². The fourth-order valence-electron chi connectivity index (χ4n) is 3.03. The van der Waals surface area contributed by atoms with E-state index in [4.69, 9.17) is 0 Å². The van der Waals surface area contributed by atoms with Crippen LogP contribution in [-0.2, 0) is 11.2 Å². The molecule has 0 bridgehead atoms. The molecular formula is C14H18N2O. The summed E-state index contributed by atoms with van der Waals surface area (Å²) in [5.41, 5.74) is 2.30. The summed E-state index contributed by atoms with van der Waals surface area (Å²) in [6, 6.07) is 4.13. The zero-order chi connectivity index (χ0) is 11.7. The number of nitrogens with one attached hydrogen (secondary N) is 1. The molecule has 1 saturated heterocycles. The molecule has 2 unspecified atom stereocenters. The van der Waals surface area contributed by atoms with Gasteiger partial charge in [-0.2, -0.15) is 0 Å². The predicted molar refractivity (Wildman–Crippen MR) is 65.9 cm³/mol. The van der Waals surface area contributed by atoms with Crippen LogP contribution in [-0.4, -0.2) is 23.4 Å². The highest BCUT2D eigenvalue weighted by molar-refractivity contribution is 5.91. The van der Waals surface area contributed by atoms with E-state index < -0.39 is 0 Å². The van der Waals surface area contributed by atoms with E-state index in [9.17, 15) is 4.79 Å². The molecule has 0 saturated carbocycles. The maximum atomic E-state index is 12.5. The number of pyridine rings is 1. The minimum atomic E-state index is 0.0433. The molecule has 0 spiro atoms. The first-order valence-electron chi connectivity index (χ1n) is 6.57. The second-order valence-electron chi connectivity index (χ2n) is 5.04. The summed E-state index contributed by atoms with van der Waals surface area (Å²) in [6.07, 6.45) is 7.13. The lowest BCUT2D eigenvalue weighted by Crippen LogP contribution is -2.42. The van der Waals surface area contributed by atoms with Gasteiger partial charge in [-0.3, -0.25) is 9.78 Å². The second-order valence-corrected chi connectivity index (χ2v) is 5.04. The topological polar surface area (TPSA) is 42.0 Å². The van der Waals surface area contributed by atoms with Gasteiger partial charge < -0.3 is 5.32 Å². The van der Waals surface area contributed by atoms with Gasteiger partial charge in [-0.05, 0) is 43.9 Å². The maximum absolute atomic E-state index is 12.5. The van der Waals surface area contributed by atoms with Crippen LogP contribution in [0.4, 0.5) is 0 Å². The van der Waals surface area contributed by atoms with Crippen molar-refractivity contribution in [1.29, 1.82) is 0 Å². The number of nitrogens with zero attached hydrogens (tertiary/aromatic N) is 1. The average Bonchev–Trinajstić information content (AvgIpc) is 2.83. The van der Waals surface area contributed by atoms with Gasteiger partial charge in [0, 0.05) is 6.20 Å². The third-order valence-corrected chi connectivity index (χ3v) is 3.96. The lowest BCUT2D eigenvalue weighted by Gasteiger charge is -2.24. The Morgan fingerprint density at radius 2 is 2.29 bits per heavy atom. The van der Waals surface area contributed by atoms with E-state index in [0.717, 1.165) is 31.5 Å². The van der Waals surface area contributed by atoms with Crippen molar-refractivity contribution in [2.24, 2.45) is 0 Å². The molecule has 0 radical (unpaired) electrons. The van der Waals surface area contributed by atoms with Crippen molar-refractivity contribution in [2.75, 3.05) is 6.54 Å². The predicted octanol–water partition coefficient (Wildman–Crippen LogP) is 1.82. The Kier molecular flexibility index (Phi) is 2.93. The van der Waals surface area contributed by atoms with Crippen molar-refractivity contribution in [3.63, 3.8) is 0 Å². The molecule has 2 atom stereocenters. The highest BCUT2D eigenvalue weighted by Gasteiger charge is 2.34. The molecule has 2 aliphatic rings. The van der Waals surface area contributed by atoms with Crippen molar-refractivity contribution >= 4 is 5.78 Å². The standard InChI is InChI=1S/C14H18N2O/c17-14(12-5-1-2-8-15-12)11-7-6-10-4-3-9-16-13(10)11/h3-4,9,11-12,15H,1-2,5-8H2. The van der Waals surface area contributed by atoms with Crippen molar-refractivity contribution in [3.8, 4) is 0 Å². The van der Waals surface area contributed by atoms with E-state index in [1.165, 1.54) is 18.4 Å². The quantitative estimate of drug-likeness (QED) is 0.842. The van der Waals surface area contributed by atoms with Gasteiger partial charge in [0.1, 0.15) is 0 Å². The average molecular weight is 230 g/mol. The molecule has 1 fully saturated rings. The van der Waals surface area contributed by atoms with Gasteiger partial charge in [-0.15, -0.1) is 0 Å². The molecule has 0 aromatic carbocycles. The van der Waals surface area contributed by atoms with Gasteiger partial charge in [-0.1, -0.05) is 12.5 Å². The SMILES string of the molecule is O=C(C1CCCCN1)C1CCc2cccnc21. The number of Topliss-reactive ketones (excluding diaryl/α,β-unsaturated/α-hetero) is 1. The Bertz CT molecular complexity index is 424. The number of aryl methyl sites for hydroxylation is 1. The van der Waals surface area contributed by atoms with Crippen LogP contribution in [0.3, 0.4) is 0 Å². The molecule has 1 aromatic rings. The molecule has 3 nitrogen and oxygen atoms in total. The second kappa shape index (κ2) is 4.57. The monoisotopic (exact) mass is 230 g/mol. The van der Waals surface area contributed by atoms with E-state index in [2.05, 4.69) is 16.4 Å². The normalized spacial score (nSPS) is 27.8. The lowest BCUT2D eigenvalue weighted by molar-refractivity contribution is -0.123. The summed E-state index contributed by atoms with van der Waals surface area (Å²) in [7, 11) is 0. The van der Waals surface area contributed by atoms with Gasteiger partial charge in [0.05, 0.1) is 17.7 Å². The first-order valence-corrected chi connectivity index (χ1v) is 6.57. The molecule has 1 N–H and O–H groups in total. The summed E-state index contributed by atoms with van der Waals surface area (Å²) in [4.78, 5) is 16.9. The minimum Gasteiger partial charge on any atom is -0.307 e. The van der Waals surface area contributed by atoms with Crippen LogP contribution in [0, 0.1) is 0 Å². The highest BCUT2D eigenvalue weighted by Crippen LogP contribution is 2.33. The first kappa shape index (κ1) is 10.9. The van der Waals surface area contributed by atoms with E-state index in [1.807, 2.05) is 6.07 Å². The van der Waals surface area contributed by atoms with E-state index in [1.54, 1.807) is 6.20 Å². The lowest BCUT2D eigenvalue weighted by atomic mass is 9.91. The first-order chi connectivity index (χ1) is 8.36. The van der Waals surface area contributed by atoms with Crippen LogP contribution in [0.1, 0.15) is 42.9 Å². The summed E-state index contributed by atoms with van der Waals surface area (Å²) in [5, 5.41) is 3.35. The van der Waals surface area contributed by atoms with Gasteiger partial charge >= 0.3 is 0 Å². The number of carbonyl (C=O) groups excluding carboxylic acids is 1. The Morgan fingerprint density at radius 1 is 1.35 bits per heavy atom. The fraction of sp³-hybridized carbons (Fsp3) is 0.571. The zero-order valence-electron chi connectivity index (χ0n) is 9.98.